The highest BCUT2D eigenvalue weighted by atomic mass is 16.5. The molecule has 0 spiro atoms. The van der Waals surface area contributed by atoms with E-state index in [4.69, 9.17) is 4.74 Å². The first kappa shape index (κ1) is 14.5. The molecule has 1 fully saturated rings. The van der Waals surface area contributed by atoms with Gasteiger partial charge in [0.2, 0.25) is 0 Å². The summed E-state index contributed by atoms with van der Waals surface area (Å²) < 4.78 is 5.05. The van der Waals surface area contributed by atoms with Crippen molar-refractivity contribution in [2.24, 2.45) is 5.92 Å². The summed E-state index contributed by atoms with van der Waals surface area (Å²) >= 11 is 0. The van der Waals surface area contributed by atoms with Gasteiger partial charge in [0.25, 0.3) is 0 Å². The second-order valence-electron chi connectivity index (χ2n) is 5.51. The van der Waals surface area contributed by atoms with Crippen LogP contribution in [0.1, 0.15) is 40.0 Å². The fourth-order valence-corrected chi connectivity index (χ4v) is 2.23. The van der Waals surface area contributed by atoms with Gasteiger partial charge in [0.05, 0.1) is 0 Å². The molecule has 1 aliphatic rings. The molecular formula is C13H25NO3. The summed E-state index contributed by atoms with van der Waals surface area (Å²) in [6.45, 7) is 7.32. The number of carboxylic acids is 1. The molecule has 0 heterocycles. The van der Waals surface area contributed by atoms with Crippen LogP contribution in [0.3, 0.4) is 0 Å². The lowest BCUT2D eigenvalue weighted by Crippen LogP contribution is -2.56. The minimum atomic E-state index is -0.813. The van der Waals surface area contributed by atoms with Crippen molar-refractivity contribution in [2.75, 3.05) is 20.3 Å². The third-order valence-corrected chi connectivity index (χ3v) is 3.66. The smallest absolute Gasteiger partial charge is 0.323 e. The number of methoxy groups -OCH3 is 1. The average molecular weight is 243 g/mol. The molecule has 0 aliphatic heterocycles. The third-order valence-electron chi connectivity index (χ3n) is 3.66. The number of carbonyl (C=O) groups is 1. The van der Waals surface area contributed by atoms with Crippen molar-refractivity contribution in [3.63, 3.8) is 0 Å². The molecule has 17 heavy (non-hydrogen) atoms. The van der Waals surface area contributed by atoms with Gasteiger partial charge < -0.3 is 9.84 Å². The van der Waals surface area contributed by atoms with Crippen LogP contribution in [0.25, 0.3) is 0 Å². The second kappa shape index (κ2) is 5.83. The number of nitrogens with zero attached hydrogens (tertiary/aromatic N) is 1. The van der Waals surface area contributed by atoms with Crippen LogP contribution >= 0.6 is 0 Å². The normalized spacial score (nSPS) is 19.6. The summed E-state index contributed by atoms with van der Waals surface area (Å²) in [6.07, 6.45) is 3.01. The van der Waals surface area contributed by atoms with Crippen LogP contribution in [0.5, 0.6) is 0 Å². The van der Waals surface area contributed by atoms with Crippen molar-refractivity contribution in [1.82, 2.24) is 4.90 Å². The van der Waals surface area contributed by atoms with Crippen molar-refractivity contribution in [1.29, 1.82) is 0 Å². The van der Waals surface area contributed by atoms with E-state index in [2.05, 4.69) is 18.7 Å². The molecule has 1 rings (SSSR count). The fraction of sp³-hybridized carbons (Fsp3) is 0.923. The number of rotatable bonds is 8. The predicted octanol–water partition coefficient (Wildman–Crippen LogP) is 1.99. The van der Waals surface area contributed by atoms with Crippen molar-refractivity contribution >= 4 is 5.97 Å². The number of aliphatic carboxylic acids is 1. The highest BCUT2D eigenvalue weighted by Crippen LogP contribution is 2.34. The summed E-state index contributed by atoms with van der Waals surface area (Å²) in [7, 11) is 1.61. The maximum atomic E-state index is 11.6. The third kappa shape index (κ3) is 3.68. The average Bonchev–Trinajstić information content (AvgIpc) is 3.05. The molecule has 0 aromatic heterocycles. The Bertz CT molecular complexity index is 263. The van der Waals surface area contributed by atoms with Gasteiger partial charge in [0, 0.05) is 26.3 Å². The predicted molar refractivity (Wildman–Crippen MR) is 67.1 cm³/mol. The van der Waals surface area contributed by atoms with Crippen LogP contribution < -0.4 is 0 Å². The summed E-state index contributed by atoms with van der Waals surface area (Å²) in [5.41, 5.74) is -0.813. The first-order valence-corrected chi connectivity index (χ1v) is 6.41. The number of carboxylic acid groups (broad SMARTS) is 1. The molecule has 1 unspecified atom stereocenters. The van der Waals surface area contributed by atoms with E-state index < -0.39 is 11.5 Å². The van der Waals surface area contributed by atoms with Gasteiger partial charge in [-0.1, -0.05) is 0 Å². The molecule has 1 N–H and O–H groups in total. The Morgan fingerprint density at radius 1 is 1.53 bits per heavy atom. The molecule has 0 aromatic rings. The van der Waals surface area contributed by atoms with Crippen LogP contribution in [0.2, 0.25) is 0 Å². The standard InChI is InChI=1S/C13H25NO3/c1-10(2)14(9-11-5-6-11)13(3,12(15)16)7-8-17-4/h10-11H,5-9H2,1-4H3,(H,15,16). The van der Waals surface area contributed by atoms with Gasteiger partial charge in [-0.2, -0.15) is 0 Å². The molecule has 0 saturated heterocycles. The molecule has 0 amide bonds. The van der Waals surface area contributed by atoms with Crippen LogP contribution in [0, 0.1) is 5.92 Å². The zero-order valence-electron chi connectivity index (χ0n) is 11.4. The number of hydrogen-bond donors (Lipinski definition) is 1. The van der Waals surface area contributed by atoms with Gasteiger partial charge in [-0.05, 0) is 46.0 Å². The fourth-order valence-electron chi connectivity index (χ4n) is 2.23. The van der Waals surface area contributed by atoms with Crippen LogP contribution in [-0.4, -0.2) is 47.8 Å². The van der Waals surface area contributed by atoms with Crippen molar-refractivity contribution in [2.45, 2.75) is 51.6 Å². The minimum Gasteiger partial charge on any atom is -0.480 e. The number of hydrogen-bond acceptors (Lipinski definition) is 3. The lowest BCUT2D eigenvalue weighted by atomic mass is 9.93. The zero-order valence-corrected chi connectivity index (χ0v) is 11.4. The van der Waals surface area contributed by atoms with E-state index in [-0.39, 0.29) is 6.04 Å². The van der Waals surface area contributed by atoms with Gasteiger partial charge in [-0.15, -0.1) is 0 Å². The SMILES string of the molecule is COCCC(C)(C(=O)O)N(CC1CC1)C(C)C. The lowest BCUT2D eigenvalue weighted by molar-refractivity contribution is -0.153. The van der Waals surface area contributed by atoms with E-state index in [0.717, 1.165) is 6.54 Å². The minimum absolute atomic E-state index is 0.244. The molecule has 0 aromatic carbocycles. The van der Waals surface area contributed by atoms with E-state index in [1.54, 1.807) is 7.11 Å². The van der Waals surface area contributed by atoms with E-state index in [0.29, 0.717) is 18.9 Å². The Balaban J connectivity index is 2.78. The van der Waals surface area contributed by atoms with Crippen molar-refractivity contribution < 1.29 is 14.6 Å². The van der Waals surface area contributed by atoms with Crippen LogP contribution in [-0.2, 0) is 9.53 Å². The molecule has 1 aliphatic carbocycles. The van der Waals surface area contributed by atoms with E-state index in [1.165, 1.54) is 12.8 Å². The van der Waals surface area contributed by atoms with Crippen molar-refractivity contribution in [3.8, 4) is 0 Å². The van der Waals surface area contributed by atoms with Gasteiger partial charge in [-0.3, -0.25) is 9.69 Å². The number of ether oxygens (including phenoxy) is 1. The molecule has 1 saturated carbocycles. The van der Waals surface area contributed by atoms with E-state index in [9.17, 15) is 9.90 Å². The Morgan fingerprint density at radius 2 is 2.12 bits per heavy atom. The van der Waals surface area contributed by atoms with Gasteiger partial charge in [0.1, 0.15) is 5.54 Å². The Hall–Kier alpha value is -0.610. The monoisotopic (exact) mass is 243 g/mol. The first-order chi connectivity index (χ1) is 7.91. The summed E-state index contributed by atoms with van der Waals surface area (Å²) in [5, 5.41) is 9.51. The van der Waals surface area contributed by atoms with E-state index in [1.807, 2.05) is 6.92 Å². The summed E-state index contributed by atoms with van der Waals surface area (Å²) in [4.78, 5) is 13.7. The van der Waals surface area contributed by atoms with Gasteiger partial charge >= 0.3 is 5.97 Å². The molecular weight excluding hydrogens is 218 g/mol. The van der Waals surface area contributed by atoms with Crippen LogP contribution in [0.15, 0.2) is 0 Å². The summed E-state index contributed by atoms with van der Waals surface area (Å²) in [5.74, 6) is -0.0532. The van der Waals surface area contributed by atoms with Crippen LogP contribution in [0.4, 0.5) is 0 Å². The molecule has 1 atom stereocenters. The highest BCUT2D eigenvalue weighted by Gasteiger charge is 2.42. The van der Waals surface area contributed by atoms with E-state index >= 15 is 0 Å². The molecule has 4 nitrogen and oxygen atoms in total. The van der Waals surface area contributed by atoms with Gasteiger partial charge in [0.15, 0.2) is 0 Å². The summed E-state index contributed by atoms with van der Waals surface area (Å²) in [6, 6.07) is 0.244. The molecule has 0 radical (unpaired) electrons. The largest absolute Gasteiger partial charge is 0.480 e. The topological polar surface area (TPSA) is 49.8 Å². The quantitative estimate of drug-likeness (QED) is 0.708. The Kier molecular flexibility index (Phi) is 4.95. The highest BCUT2D eigenvalue weighted by molar-refractivity contribution is 5.78. The maximum absolute atomic E-state index is 11.6. The Labute approximate surface area is 104 Å². The first-order valence-electron chi connectivity index (χ1n) is 6.41. The molecule has 4 heteroatoms. The zero-order chi connectivity index (χ0) is 13.1. The lowest BCUT2D eigenvalue weighted by Gasteiger charge is -2.41. The second-order valence-corrected chi connectivity index (χ2v) is 5.51. The Morgan fingerprint density at radius 3 is 2.47 bits per heavy atom. The van der Waals surface area contributed by atoms with Gasteiger partial charge in [-0.25, -0.2) is 0 Å². The molecule has 100 valence electrons. The molecule has 0 bridgehead atoms. The maximum Gasteiger partial charge on any atom is 0.323 e. The van der Waals surface area contributed by atoms with Crippen molar-refractivity contribution in [3.05, 3.63) is 0 Å².